The number of carboxylic acids is 1. The minimum absolute atomic E-state index is 0.0137. The van der Waals surface area contributed by atoms with Gasteiger partial charge in [-0.25, -0.2) is 0 Å². The van der Waals surface area contributed by atoms with Crippen LogP contribution in [-0.4, -0.2) is 28.0 Å². The van der Waals surface area contributed by atoms with Crippen LogP contribution in [0.2, 0.25) is 0 Å². The molecule has 0 saturated carbocycles. The monoisotopic (exact) mass is 369 g/mol. The van der Waals surface area contributed by atoms with E-state index in [-0.39, 0.29) is 18.4 Å². The number of benzene rings is 2. The number of hydrogen-bond acceptors (Lipinski definition) is 4. The summed E-state index contributed by atoms with van der Waals surface area (Å²) in [5.74, 6) is -0.103. The fraction of sp³-hybridized carbons (Fsp3) is 0.211. The van der Waals surface area contributed by atoms with Crippen LogP contribution in [0.3, 0.4) is 0 Å². The molecule has 0 aliphatic carbocycles. The molecule has 0 fully saturated rings. The summed E-state index contributed by atoms with van der Waals surface area (Å²) in [7, 11) is 0. The van der Waals surface area contributed by atoms with E-state index < -0.39 is 5.97 Å². The van der Waals surface area contributed by atoms with Gasteiger partial charge in [-0.15, -0.1) is 0 Å². The molecule has 6 nitrogen and oxygen atoms in total. The van der Waals surface area contributed by atoms with E-state index >= 15 is 0 Å². The lowest BCUT2D eigenvalue weighted by Gasteiger charge is -2.25. The van der Waals surface area contributed by atoms with Crippen LogP contribution >= 0.6 is 12.2 Å². The number of nitrogens with one attached hydrogen (secondary N) is 2. The molecule has 1 aliphatic heterocycles. The minimum Gasteiger partial charge on any atom is -0.490 e. The van der Waals surface area contributed by atoms with E-state index in [0.717, 1.165) is 29.0 Å². The summed E-state index contributed by atoms with van der Waals surface area (Å²) in [6, 6.07) is 12.8. The number of ether oxygens (including phenoxy) is 1. The molecule has 0 amide bonds. The fourth-order valence-electron chi connectivity index (χ4n) is 2.87. The van der Waals surface area contributed by atoms with Crippen LogP contribution in [0.5, 0.6) is 5.75 Å². The molecule has 5 N–H and O–H groups in total. The zero-order valence-electron chi connectivity index (χ0n) is 14.0. The number of nitrogen functional groups attached to an aromatic ring is 1. The summed E-state index contributed by atoms with van der Waals surface area (Å²) in [5, 5.41) is 19.5. The second kappa shape index (κ2) is 7.53. The van der Waals surface area contributed by atoms with Crippen LogP contribution in [0.1, 0.15) is 29.5 Å². The lowest BCUT2D eigenvalue weighted by molar-refractivity contribution is -0.139. The molecule has 0 bridgehead atoms. The number of fused-ring (bicyclic) bond motifs is 1. The van der Waals surface area contributed by atoms with Gasteiger partial charge in [0.1, 0.15) is 22.7 Å². The van der Waals surface area contributed by atoms with E-state index in [1.54, 1.807) is 12.1 Å². The number of aliphatic carboxylic acids is 1. The highest BCUT2D eigenvalue weighted by Crippen LogP contribution is 2.31. The van der Waals surface area contributed by atoms with Crippen molar-refractivity contribution in [1.82, 2.24) is 0 Å². The van der Waals surface area contributed by atoms with E-state index in [0.29, 0.717) is 17.0 Å². The average molecular weight is 369 g/mol. The Morgan fingerprint density at radius 2 is 1.96 bits per heavy atom. The van der Waals surface area contributed by atoms with Crippen molar-refractivity contribution >= 4 is 34.7 Å². The summed E-state index contributed by atoms with van der Waals surface area (Å²) in [6.45, 7) is 0. The quantitative estimate of drug-likeness (QED) is 0.367. The van der Waals surface area contributed by atoms with Crippen molar-refractivity contribution in [2.45, 2.75) is 25.4 Å². The first kappa shape index (κ1) is 17.9. The van der Waals surface area contributed by atoms with E-state index in [1.807, 2.05) is 30.3 Å². The predicted octanol–water partition coefficient (Wildman–Crippen LogP) is 2.93. The van der Waals surface area contributed by atoms with E-state index in [1.165, 1.54) is 0 Å². The standard InChI is InChI=1S/C19H19N3O3S/c20-18(21)11-1-3-12(4-2-11)19(26)22-14-6-8-16-13(9-14)5-7-15(25-16)10-17(23)24/h1-4,6,8-9,15H,5,7,10H2,(H3,20,21)(H,22,26)(H,23,24)/t15-/m0/s1. The largest absolute Gasteiger partial charge is 0.490 e. The number of thiocarbonyl (C=S) groups is 1. The van der Waals surface area contributed by atoms with Gasteiger partial charge < -0.3 is 20.9 Å². The first-order chi connectivity index (χ1) is 12.4. The summed E-state index contributed by atoms with van der Waals surface area (Å²) in [5.41, 5.74) is 8.83. The molecule has 26 heavy (non-hydrogen) atoms. The highest BCUT2D eigenvalue weighted by molar-refractivity contribution is 7.81. The number of rotatable bonds is 5. The highest BCUT2D eigenvalue weighted by Gasteiger charge is 2.22. The van der Waals surface area contributed by atoms with Crippen LogP contribution in [0.25, 0.3) is 0 Å². The highest BCUT2D eigenvalue weighted by atomic mass is 32.1. The lowest BCUT2D eigenvalue weighted by Crippen LogP contribution is -2.25. The Morgan fingerprint density at radius 1 is 1.27 bits per heavy atom. The van der Waals surface area contributed by atoms with Crippen molar-refractivity contribution < 1.29 is 14.6 Å². The van der Waals surface area contributed by atoms with Gasteiger partial charge in [0.2, 0.25) is 0 Å². The van der Waals surface area contributed by atoms with Gasteiger partial charge >= 0.3 is 5.97 Å². The molecule has 0 unspecified atom stereocenters. The van der Waals surface area contributed by atoms with E-state index in [4.69, 9.17) is 33.2 Å². The molecule has 1 atom stereocenters. The van der Waals surface area contributed by atoms with Crippen molar-refractivity contribution in [3.63, 3.8) is 0 Å². The van der Waals surface area contributed by atoms with Gasteiger partial charge in [0.15, 0.2) is 0 Å². The van der Waals surface area contributed by atoms with Crippen molar-refractivity contribution in [3.05, 3.63) is 59.2 Å². The Kier molecular flexibility index (Phi) is 5.18. The van der Waals surface area contributed by atoms with Crippen molar-refractivity contribution in [2.75, 3.05) is 5.32 Å². The van der Waals surface area contributed by atoms with Gasteiger partial charge in [-0.3, -0.25) is 10.2 Å². The van der Waals surface area contributed by atoms with Gasteiger partial charge in [-0.1, -0.05) is 36.5 Å². The third kappa shape index (κ3) is 4.18. The van der Waals surface area contributed by atoms with Gasteiger partial charge in [-0.2, -0.15) is 0 Å². The molecule has 3 rings (SSSR count). The Morgan fingerprint density at radius 3 is 2.62 bits per heavy atom. The first-order valence-electron chi connectivity index (χ1n) is 8.19. The number of anilines is 1. The maximum atomic E-state index is 10.8. The molecule has 1 aliphatic rings. The molecule has 134 valence electrons. The summed E-state index contributed by atoms with van der Waals surface area (Å²) < 4.78 is 5.75. The molecule has 0 spiro atoms. The number of carboxylic acid groups (broad SMARTS) is 1. The van der Waals surface area contributed by atoms with Gasteiger partial charge in [0, 0.05) is 16.8 Å². The smallest absolute Gasteiger partial charge is 0.307 e. The second-order valence-electron chi connectivity index (χ2n) is 6.14. The summed E-state index contributed by atoms with van der Waals surface area (Å²) in [6.07, 6.45) is 1.18. The maximum absolute atomic E-state index is 10.8. The van der Waals surface area contributed by atoms with Crippen LogP contribution in [0.15, 0.2) is 42.5 Å². The predicted molar refractivity (Wildman–Crippen MR) is 104 cm³/mol. The fourth-order valence-corrected chi connectivity index (χ4v) is 3.12. The van der Waals surface area contributed by atoms with Gasteiger partial charge in [-0.05, 0) is 36.6 Å². The number of hydrogen-bond donors (Lipinski definition) is 4. The molecule has 0 saturated heterocycles. The molecular formula is C19H19N3O3S. The van der Waals surface area contributed by atoms with Crippen LogP contribution in [0.4, 0.5) is 5.69 Å². The molecule has 7 heteroatoms. The van der Waals surface area contributed by atoms with Crippen LogP contribution < -0.4 is 15.8 Å². The third-order valence-corrected chi connectivity index (χ3v) is 4.55. The number of carbonyl (C=O) groups is 1. The zero-order valence-corrected chi connectivity index (χ0v) is 14.8. The Hall–Kier alpha value is -2.93. The lowest BCUT2D eigenvalue weighted by atomic mass is 10.00. The van der Waals surface area contributed by atoms with Crippen molar-refractivity contribution in [2.24, 2.45) is 5.73 Å². The van der Waals surface area contributed by atoms with Crippen LogP contribution in [-0.2, 0) is 11.2 Å². The summed E-state index contributed by atoms with van der Waals surface area (Å²) >= 11 is 5.44. The molecule has 2 aromatic carbocycles. The topological polar surface area (TPSA) is 108 Å². The average Bonchev–Trinajstić information content (AvgIpc) is 2.61. The first-order valence-corrected chi connectivity index (χ1v) is 8.60. The van der Waals surface area contributed by atoms with Gasteiger partial charge in [0.05, 0.1) is 6.42 Å². The Bertz CT molecular complexity index is 865. The van der Waals surface area contributed by atoms with E-state index in [9.17, 15) is 4.79 Å². The molecule has 2 aromatic rings. The Balaban J connectivity index is 1.68. The summed E-state index contributed by atoms with van der Waals surface area (Å²) in [4.78, 5) is 11.4. The van der Waals surface area contributed by atoms with Crippen LogP contribution in [0, 0.1) is 5.41 Å². The normalized spacial score (nSPS) is 15.5. The van der Waals surface area contributed by atoms with Crippen molar-refractivity contribution in [1.29, 1.82) is 5.41 Å². The van der Waals surface area contributed by atoms with Gasteiger partial charge in [0.25, 0.3) is 0 Å². The second-order valence-corrected chi connectivity index (χ2v) is 6.55. The number of aryl methyl sites for hydroxylation is 1. The molecule has 0 radical (unpaired) electrons. The molecule has 0 aromatic heterocycles. The number of nitrogens with two attached hydrogens (primary N) is 1. The third-order valence-electron chi connectivity index (χ3n) is 4.21. The maximum Gasteiger partial charge on any atom is 0.307 e. The molecule has 1 heterocycles. The minimum atomic E-state index is -0.849. The zero-order chi connectivity index (χ0) is 18.7. The molecular weight excluding hydrogens is 350 g/mol. The van der Waals surface area contributed by atoms with E-state index in [2.05, 4.69) is 5.32 Å². The van der Waals surface area contributed by atoms with Crippen molar-refractivity contribution in [3.8, 4) is 5.75 Å². The number of amidine groups is 1. The Labute approximate surface area is 156 Å². The SMILES string of the molecule is N=C(N)c1ccc(C(=S)Nc2ccc3c(c2)CC[C@@H](CC(=O)O)O3)cc1.